The van der Waals surface area contributed by atoms with Crippen molar-refractivity contribution < 1.29 is 9.18 Å². The number of anilines is 1. The molecule has 0 aromatic heterocycles. The first-order valence-corrected chi connectivity index (χ1v) is 7.23. The zero-order chi connectivity index (χ0) is 14.1. The van der Waals surface area contributed by atoms with Gasteiger partial charge in [0.15, 0.2) is 0 Å². The second-order valence-electron chi connectivity index (χ2n) is 5.67. The maximum Gasteiger partial charge on any atom is 0.254 e. The van der Waals surface area contributed by atoms with Crippen molar-refractivity contribution in [3.8, 4) is 0 Å². The van der Waals surface area contributed by atoms with Crippen molar-refractivity contribution in [2.75, 3.05) is 31.9 Å². The van der Waals surface area contributed by atoms with E-state index < -0.39 is 5.82 Å². The molecule has 2 fully saturated rings. The summed E-state index contributed by atoms with van der Waals surface area (Å²) in [4.78, 5) is 16.7. The number of carbonyl (C=O) groups is 1. The second kappa shape index (κ2) is 5.40. The van der Waals surface area contributed by atoms with E-state index in [-0.39, 0.29) is 11.6 Å². The molecule has 2 aliphatic heterocycles. The van der Waals surface area contributed by atoms with Gasteiger partial charge in [0.05, 0.1) is 5.69 Å². The summed E-state index contributed by atoms with van der Waals surface area (Å²) in [5, 5.41) is 0. The minimum Gasteiger partial charge on any atom is -0.396 e. The van der Waals surface area contributed by atoms with E-state index in [4.69, 9.17) is 5.73 Å². The van der Waals surface area contributed by atoms with Gasteiger partial charge in [0.1, 0.15) is 5.82 Å². The highest BCUT2D eigenvalue weighted by molar-refractivity contribution is 5.94. The predicted molar refractivity (Wildman–Crippen MR) is 75.9 cm³/mol. The summed E-state index contributed by atoms with van der Waals surface area (Å²) in [6, 6.07) is 4.77. The smallest absolute Gasteiger partial charge is 0.254 e. The molecule has 1 atom stereocenters. The number of hydrogen-bond acceptors (Lipinski definition) is 3. The van der Waals surface area contributed by atoms with E-state index in [0.717, 1.165) is 32.6 Å². The fourth-order valence-corrected chi connectivity index (χ4v) is 3.17. The summed E-state index contributed by atoms with van der Waals surface area (Å²) in [7, 11) is 0. The zero-order valence-corrected chi connectivity index (χ0v) is 11.5. The summed E-state index contributed by atoms with van der Waals surface area (Å²) in [5.41, 5.74) is 5.91. The van der Waals surface area contributed by atoms with Crippen LogP contribution in [0.15, 0.2) is 18.2 Å². The van der Waals surface area contributed by atoms with Crippen LogP contribution in [-0.2, 0) is 0 Å². The minimum absolute atomic E-state index is 0.0814. The van der Waals surface area contributed by atoms with Crippen molar-refractivity contribution >= 4 is 11.6 Å². The van der Waals surface area contributed by atoms with Gasteiger partial charge in [0.25, 0.3) is 5.91 Å². The lowest BCUT2D eigenvalue weighted by Gasteiger charge is -2.23. The average Bonchev–Trinajstić information content (AvgIpc) is 3.11. The first kappa shape index (κ1) is 13.4. The molecule has 1 aromatic carbocycles. The highest BCUT2D eigenvalue weighted by Crippen LogP contribution is 2.22. The number of amides is 1. The first-order chi connectivity index (χ1) is 9.65. The quantitative estimate of drug-likeness (QED) is 0.837. The minimum atomic E-state index is -0.522. The number of hydrogen-bond donors (Lipinski definition) is 1. The van der Waals surface area contributed by atoms with Crippen molar-refractivity contribution in [2.45, 2.75) is 25.3 Å². The molecule has 2 heterocycles. The average molecular weight is 277 g/mol. The van der Waals surface area contributed by atoms with Gasteiger partial charge in [0.2, 0.25) is 0 Å². The molecule has 0 aliphatic carbocycles. The van der Waals surface area contributed by atoms with E-state index in [1.807, 2.05) is 4.90 Å². The van der Waals surface area contributed by atoms with E-state index in [1.165, 1.54) is 25.0 Å². The third-order valence-electron chi connectivity index (χ3n) is 4.36. The van der Waals surface area contributed by atoms with E-state index in [1.54, 1.807) is 6.07 Å². The number of rotatable bonds is 2. The Bertz CT molecular complexity index is 514. The number of benzene rings is 1. The molecule has 108 valence electrons. The monoisotopic (exact) mass is 277 g/mol. The van der Waals surface area contributed by atoms with E-state index >= 15 is 0 Å². The highest BCUT2D eigenvalue weighted by Gasteiger charge is 2.32. The van der Waals surface area contributed by atoms with Gasteiger partial charge in [-0.1, -0.05) is 0 Å². The molecule has 3 rings (SSSR count). The molecular formula is C15H20FN3O. The zero-order valence-electron chi connectivity index (χ0n) is 11.5. The molecule has 20 heavy (non-hydrogen) atoms. The highest BCUT2D eigenvalue weighted by atomic mass is 19.1. The van der Waals surface area contributed by atoms with Crippen molar-refractivity contribution in [1.29, 1.82) is 0 Å². The Labute approximate surface area is 118 Å². The van der Waals surface area contributed by atoms with Gasteiger partial charge in [-0.25, -0.2) is 4.39 Å². The predicted octanol–water partition coefficient (Wildman–Crippen LogP) is 1.72. The van der Waals surface area contributed by atoms with Crippen LogP contribution in [0.1, 0.15) is 29.6 Å². The number of halogens is 1. The van der Waals surface area contributed by atoms with Crippen LogP contribution in [0.3, 0.4) is 0 Å². The third-order valence-corrected chi connectivity index (χ3v) is 4.36. The lowest BCUT2D eigenvalue weighted by molar-refractivity contribution is 0.0779. The molecule has 0 saturated carbocycles. The molecule has 0 radical (unpaired) electrons. The number of likely N-dealkylation sites (tertiary alicyclic amines) is 2. The van der Waals surface area contributed by atoms with Crippen LogP contribution < -0.4 is 5.73 Å². The Morgan fingerprint density at radius 3 is 2.70 bits per heavy atom. The SMILES string of the molecule is Nc1ccc(C(=O)N2CCC(N3CCCC3)C2)cc1F. The van der Waals surface area contributed by atoms with Crippen LogP contribution >= 0.6 is 0 Å². The van der Waals surface area contributed by atoms with Crippen LogP contribution in [0.25, 0.3) is 0 Å². The number of nitrogen functional groups attached to an aromatic ring is 1. The van der Waals surface area contributed by atoms with E-state index in [9.17, 15) is 9.18 Å². The Morgan fingerprint density at radius 2 is 2.00 bits per heavy atom. The first-order valence-electron chi connectivity index (χ1n) is 7.23. The summed E-state index contributed by atoms with van der Waals surface area (Å²) in [6.45, 7) is 3.79. The molecule has 2 aliphatic rings. The van der Waals surface area contributed by atoms with Gasteiger partial charge in [-0.15, -0.1) is 0 Å². The molecule has 4 nitrogen and oxygen atoms in total. The van der Waals surface area contributed by atoms with E-state index in [0.29, 0.717) is 11.6 Å². The summed E-state index contributed by atoms with van der Waals surface area (Å²) in [5.74, 6) is -0.614. The van der Waals surface area contributed by atoms with Gasteiger partial charge in [0, 0.05) is 24.7 Å². The fourth-order valence-electron chi connectivity index (χ4n) is 3.17. The summed E-state index contributed by atoms with van der Waals surface area (Å²) >= 11 is 0. The van der Waals surface area contributed by atoms with Gasteiger partial charge in [-0.05, 0) is 50.6 Å². The molecule has 1 amide bonds. The topological polar surface area (TPSA) is 49.6 Å². The second-order valence-corrected chi connectivity index (χ2v) is 5.67. The number of nitrogens with two attached hydrogens (primary N) is 1. The molecule has 1 unspecified atom stereocenters. The Hall–Kier alpha value is -1.62. The van der Waals surface area contributed by atoms with E-state index in [2.05, 4.69) is 4.90 Å². The maximum atomic E-state index is 13.4. The molecule has 5 heteroatoms. The molecule has 0 spiro atoms. The number of carbonyl (C=O) groups excluding carboxylic acids is 1. The van der Waals surface area contributed by atoms with Crippen LogP contribution in [0, 0.1) is 5.82 Å². The Kier molecular flexibility index (Phi) is 3.61. The van der Waals surface area contributed by atoms with Crippen LogP contribution in [0.2, 0.25) is 0 Å². The maximum absolute atomic E-state index is 13.4. The third kappa shape index (κ3) is 2.50. The largest absolute Gasteiger partial charge is 0.396 e. The molecular weight excluding hydrogens is 257 g/mol. The Balaban J connectivity index is 1.67. The van der Waals surface area contributed by atoms with Gasteiger partial charge in [-0.2, -0.15) is 0 Å². The van der Waals surface area contributed by atoms with Crippen LogP contribution in [0.4, 0.5) is 10.1 Å². The summed E-state index contributed by atoms with van der Waals surface area (Å²) < 4.78 is 13.4. The van der Waals surface area contributed by atoms with Crippen molar-refractivity contribution in [3.63, 3.8) is 0 Å². The molecule has 0 bridgehead atoms. The lowest BCUT2D eigenvalue weighted by Crippen LogP contribution is -2.37. The van der Waals surface area contributed by atoms with Gasteiger partial charge < -0.3 is 10.6 Å². The lowest BCUT2D eigenvalue weighted by atomic mass is 10.1. The summed E-state index contributed by atoms with van der Waals surface area (Å²) in [6.07, 6.45) is 3.53. The standard InChI is InChI=1S/C15H20FN3O/c16-13-9-11(3-4-14(13)17)15(20)19-8-5-12(10-19)18-6-1-2-7-18/h3-4,9,12H,1-2,5-8,10,17H2. The molecule has 1 aromatic rings. The van der Waals surface area contributed by atoms with Crippen LogP contribution in [0.5, 0.6) is 0 Å². The van der Waals surface area contributed by atoms with Crippen molar-refractivity contribution in [2.24, 2.45) is 0 Å². The van der Waals surface area contributed by atoms with Gasteiger partial charge in [-0.3, -0.25) is 9.69 Å². The normalized spacial score (nSPS) is 23.4. The van der Waals surface area contributed by atoms with Gasteiger partial charge >= 0.3 is 0 Å². The van der Waals surface area contributed by atoms with Crippen molar-refractivity contribution in [3.05, 3.63) is 29.6 Å². The Morgan fingerprint density at radius 1 is 1.25 bits per heavy atom. The fraction of sp³-hybridized carbons (Fsp3) is 0.533. The van der Waals surface area contributed by atoms with Crippen LogP contribution in [-0.4, -0.2) is 47.9 Å². The van der Waals surface area contributed by atoms with Crippen molar-refractivity contribution in [1.82, 2.24) is 9.80 Å². The molecule has 2 N–H and O–H groups in total. The number of nitrogens with zero attached hydrogens (tertiary/aromatic N) is 2. The molecule has 2 saturated heterocycles.